The highest BCUT2D eigenvalue weighted by Crippen LogP contribution is 2.41. The number of carbonyl (C=O) groups excluding carboxylic acids is 1. The Labute approximate surface area is 164 Å². The van der Waals surface area contributed by atoms with Gasteiger partial charge in [0.15, 0.2) is 17.0 Å². The molecule has 2 aromatic heterocycles. The van der Waals surface area contributed by atoms with Crippen LogP contribution in [0.5, 0.6) is 0 Å². The van der Waals surface area contributed by atoms with Crippen molar-refractivity contribution in [1.29, 1.82) is 0 Å². The summed E-state index contributed by atoms with van der Waals surface area (Å²) in [5.74, 6) is -0.302. The van der Waals surface area contributed by atoms with Crippen LogP contribution in [-0.4, -0.2) is 72.6 Å². The van der Waals surface area contributed by atoms with Crippen molar-refractivity contribution < 1.29 is 24.9 Å². The predicted octanol–water partition coefficient (Wildman–Crippen LogP) is -0.901. The zero-order valence-corrected chi connectivity index (χ0v) is 15.4. The monoisotopic (exact) mass is 400 g/mol. The van der Waals surface area contributed by atoms with Crippen LogP contribution in [0.4, 0.5) is 11.5 Å². The summed E-state index contributed by atoms with van der Waals surface area (Å²) >= 11 is 0. The molecule has 11 heteroatoms. The van der Waals surface area contributed by atoms with Crippen molar-refractivity contribution in [1.82, 2.24) is 19.5 Å². The lowest BCUT2D eigenvalue weighted by Gasteiger charge is -2.32. The van der Waals surface area contributed by atoms with Gasteiger partial charge in [-0.05, 0) is 12.1 Å². The van der Waals surface area contributed by atoms with Gasteiger partial charge in [-0.3, -0.25) is 9.36 Å². The number of benzene rings is 1. The number of nitrogen functional groups attached to an aromatic ring is 1. The molecule has 1 aromatic carbocycles. The van der Waals surface area contributed by atoms with E-state index in [0.29, 0.717) is 11.3 Å². The molecule has 152 valence electrons. The number of nitrogens with two attached hydrogens (primary N) is 1. The van der Waals surface area contributed by atoms with E-state index in [0.717, 1.165) is 0 Å². The molecule has 4 rings (SSSR count). The number of rotatable bonds is 5. The van der Waals surface area contributed by atoms with Gasteiger partial charge in [0, 0.05) is 18.3 Å². The van der Waals surface area contributed by atoms with Crippen LogP contribution >= 0.6 is 0 Å². The number of Topliss-reactive ketones (excluding diaryl/α,β-unsaturated/α-hetero) is 1. The van der Waals surface area contributed by atoms with E-state index in [1.54, 1.807) is 19.2 Å². The highest BCUT2D eigenvalue weighted by atomic mass is 16.6. The molecular weight excluding hydrogens is 380 g/mol. The molecule has 6 N–H and O–H groups in total. The van der Waals surface area contributed by atoms with Crippen LogP contribution in [0.25, 0.3) is 11.2 Å². The highest BCUT2D eigenvalue weighted by Gasteiger charge is 2.61. The van der Waals surface area contributed by atoms with Crippen molar-refractivity contribution in [2.24, 2.45) is 0 Å². The first-order valence-corrected chi connectivity index (χ1v) is 8.86. The molecule has 0 aliphatic carbocycles. The third kappa shape index (κ3) is 2.67. The lowest BCUT2D eigenvalue weighted by Crippen LogP contribution is -2.52. The molecule has 0 radical (unpaired) electrons. The lowest BCUT2D eigenvalue weighted by atomic mass is 9.92. The second kappa shape index (κ2) is 7.04. The molecule has 29 heavy (non-hydrogen) atoms. The van der Waals surface area contributed by atoms with Crippen LogP contribution in [0.2, 0.25) is 0 Å². The molecule has 4 atom stereocenters. The van der Waals surface area contributed by atoms with E-state index in [9.17, 15) is 20.1 Å². The van der Waals surface area contributed by atoms with Crippen molar-refractivity contribution in [2.45, 2.75) is 24.0 Å². The fourth-order valence-corrected chi connectivity index (χ4v) is 3.60. The maximum absolute atomic E-state index is 13.6. The second-order valence-electron chi connectivity index (χ2n) is 6.65. The number of carbonyl (C=O) groups is 1. The van der Waals surface area contributed by atoms with E-state index in [1.807, 2.05) is 0 Å². The fraction of sp³-hybridized carbons (Fsp3) is 0.333. The standard InChI is InChI=1S/C18H20N6O5/c1-20-16-12-17(22-7-21-16)24(8-23-12)18(15(28)13(26)11(6-25)29-18)14(27)9-4-2-3-5-10(9)19/h2-5,7-8,11,13,15,25-26,28H,6,19H2,1H3,(H,20,21,22)/t11-,13-,15-,18-/m1/s1. The summed E-state index contributed by atoms with van der Waals surface area (Å²) in [6.45, 7) is -0.610. The van der Waals surface area contributed by atoms with Gasteiger partial charge >= 0.3 is 0 Å². The van der Waals surface area contributed by atoms with E-state index in [1.165, 1.54) is 29.4 Å². The lowest BCUT2D eigenvalue weighted by molar-refractivity contribution is -0.113. The number of ketones is 1. The van der Waals surface area contributed by atoms with Crippen LogP contribution in [0.1, 0.15) is 10.4 Å². The van der Waals surface area contributed by atoms with E-state index >= 15 is 0 Å². The number of hydrogen-bond acceptors (Lipinski definition) is 10. The Hall–Kier alpha value is -3.12. The Balaban J connectivity index is 1.98. The normalized spacial score (nSPS) is 26.7. The number of fused-ring (bicyclic) bond motifs is 1. The number of nitrogens with one attached hydrogen (secondary N) is 1. The third-order valence-electron chi connectivity index (χ3n) is 5.08. The summed E-state index contributed by atoms with van der Waals surface area (Å²) in [4.78, 5) is 26.1. The van der Waals surface area contributed by atoms with Gasteiger partial charge in [-0.15, -0.1) is 0 Å². The average Bonchev–Trinajstić information content (AvgIpc) is 3.28. The fourth-order valence-electron chi connectivity index (χ4n) is 3.60. The molecular formula is C18H20N6O5. The summed E-state index contributed by atoms with van der Waals surface area (Å²) in [5.41, 5.74) is 4.62. The largest absolute Gasteiger partial charge is 0.398 e. The van der Waals surface area contributed by atoms with Gasteiger partial charge in [-0.2, -0.15) is 0 Å². The smallest absolute Gasteiger partial charge is 0.241 e. The van der Waals surface area contributed by atoms with Crippen molar-refractivity contribution >= 4 is 28.5 Å². The van der Waals surface area contributed by atoms with Crippen molar-refractivity contribution in [2.75, 3.05) is 24.7 Å². The zero-order chi connectivity index (χ0) is 20.8. The maximum atomic E-state index is 13.6. The van der Waals surface area contributed by atoms with Gasteiger partial charge in [-0.1, -0.05) is 12.1 Å². The number of aliphatic hydroxyl groups is 3. The van der Waals surface area contributed by atoms with Crippen molar-refractivity contribution in [3.63, 3.8) is 0 Å². The molecule has 0 bridgehead atoms. The number of anilines is 2. The quantitative estimate of drug-likeness (QED) is 0.267. The van der Waals surface area contributed by atoms with Gasteiger partial charge in [0.2, 0.25) is 11.5 Å². The van der Waals surface area contributed by atoms with Gasteiger partial charge in [0.1, 0.15) is 31.0 Å². The van der Waals surface area contributed by atoms with Gasteiger partial charge in [0.05, 0.1) is 6.61 Å². The highest BCUT2D eigenvalue weighted by molar-refractivity contribution is 6.06. The Bertz CT molecular complexity index is 1070. The first kappa shape index (κ1) is 19.2. The van der Waals surface area contributed by atoms with Gasteiger partial charge in [0.25, 0.3) is 0 Å². The average molecular weight is 400 g/mol. The topological polar surface area (TPSA) is 169 Å². The predicted molar refractivity (Wildman–Crippen MR) is 102 cm³/mol. The molecule has 0 amide bonds. The van der Waals surface area contributed by atoms with Gasteiger partial charge < -0.3 is 31.1 Å². The van der Waals surface area contributed by atoms with Gasteiger partial charge in [-0.25, -0.2) is 15.0 Å². The minimum Gasteiger partial charge on any atom is -0.398 e. The minimum absolute atomic E-state index is 0.0853. The van der Waals surface area contributed by atoms with E-state index < -0.39 is 36.4 Å². The van der Waals surface area contributed by atoms with E-state index in [4.69, 9.17) is 10.5 Å². The molecule has 0 spiro atoms. The molecule has 1 aliphatic heterocycles. The first-order valence-electron chi connectivity index (χ1n) is 8.86. The molecule has 1 fully saturated rings. The molecule has 3 heterocycles. The minimum atomic E-state index is -2.14. The summed E-state index contributed by atoms with van der Waals surface area (Å²) in [5, 5.41) is 33.8. The molecule has 11 nitrogen and oxygen atoms in total. The van der Waals surface area contributed by atoms with Crippen LogP contribution in [-0.2, 0) is 10.5 Å². The second-order valence-corrected chi connectivity index (χ2v) is 6.65. The molecule has 1 saturated heterocycles. The molecule has 3 aromatic rings. The number of aromatic nitrogens is 4. The zero-order valence-electron chi connectivity index (χ0n) is 15.4. The number of nitrogens with zero attached hydrogens (tertiary/aromatic N) is 4. The Morgan fingerprint density at radius 1 is 1.31 bits per heavy atom. The van der Waals surface area contributed by atoms with Crippen molar-refractivity contribution in [3.05, 3.63) is 42.5 Å². The third-order valence-corrected chi connectivity index (χ3v) is 5.08. The number of aliphatic hydroxyl groups excluding tert-OH is 3. The van der Waals surface area contributed by atoms with E-state index in [-0.39, 0.29) is 16.9 Å². The summed E-state index contributed by atoms with van der Waals surface area (Å²) in [6, 6.07) is 6.30. The molecule has 0 saturated carbocycles. The number of ether oxygens (including phenoxy) is 1. The number of imidazole rings is 1. The first-order chi connectivity index (χ1) is 14.0. The Kier molecular flexibility index (Phi) is 4.67. The summed E-state index contributed by atoms with van der Waals surface area (Å²) in [7, 11) is 1.65. The molecule has 0 unspecified atom stereocenters. The Morgan fingerprint density at radius 2 is 2.07 bits per heavy atom. The maximum Gasteiger partial charge on any atom is 0.241 e. The summed E-state index contributed by atoms with van der Waals surface area (Å²) in [6.07, 6.45) is -1.92. The van der Waals surface area contributed by atoms with Crippen LogP contribution < -0.4 is 11.1 Å². The van der Waals surface area contributed by atoms with Crippen LogP contribution in [0.3, 0.4) is 0 Å². The summed E-state index contributed by atoms with van der Waals surface area (Å²) < 4.78 is 7.05. The van der Waals surface area contributed by atoms with Crippen LogP contribution in [0, 0.1) is 0 Å². The number of para-hydroxylation sites is 1. The number of hydrogen-bond donors (Lipinski definition) is 5. The van der Waals surface area contributed by atoms with Crippen LogP contribution in [0.15, 0.2) is 36.9 Å². The molecule has 1 aliphatic rings. The SMILES string of the molecule is CNc1ncnc2c1ncn2[C@]1(C(=O)c2ccccc2N)O[C@H](CO)[C@@H](O)[C@H]1O. The Morgan fingerprint density at radius 3 is 2.72 bits per heavy atom. The van der Waals surface area contributed by atoms with E-state index in [2.05, 4.69) is 20.3 Å². The van der Waals surface area contributed by atoms with Crippen molar-refractivity contribution in [3.8, 4) is 0 Å².